The summed E-state index contributed by atoms with van der Waals surface area (Å²) in [6.07, 6.45) is 0. The van der Waals surface area contributed by atoms with Gasteiger partial charge in [-0.1, -0.05) is 12.1 Å². The molecular formula is C52H33GeN3O. The molecule has 0 saturated heterocycles. The first-order chi connectivity index (χ1) is 28.3. The van der Waals surface area contributed by atoms with Crippen molar-refractivity contribution in [2.24, 2.45) is 0 Å². The van der Waals surface area contributed by atoms with E-state index in [-0.39, 0.29) is 0 Å². The topological polar surface area (TPSA) is 43.9 Å². The summed E-state index contributed by atoms with van der Waals surface area (Å²) in [5.74, 6) is 0.737. The van der Waals surface area contributed by atoms with E-state index in [1.807, 2.05) is 18.2 Å². The van der Waals surface area contributed by atoms with Gasteiger partial charge < -0.3 is 0 Å². The molecule has 0 saturated carbocycles. The van der Waals surface area contributed by atoms with Crippen LogP contribution in [0.25, 0.3) is 83.3 Å². The molecule has 0 spiro atoms. The maximum absolute atomic E-state index is 6.35. The standard InChI is InChI=1S/C52H33GeN3O/c1-4-16-35(17-5-1)52-54-50(49-51(55-52)41-24-10-13-25-44(41)53(49,36-18-6-2-7-19-36)37-20-8-3-9-21-37)34-28-30-38(31-29-34)56-45-26-14-11-22-39(45)42-33-48-43(32-46(42)56)40-23-12-15-27-47(40)57-48/h1-33H. The molecule has 5 heteroatoms. The Labute approximate surface area is 331 Å². The fourth-order valence-electron chi connectivity index (χ4n) is 9.46. The Morgan fingerprint density at radius 1 is 0.421 bits per heavy atom. The van der Waals surface area contributed by atoms with Gasteiger partial charge in [-0.25, -0.2) is 0 Å². The first-order valence-electron chi connectivity index (χ1n) is 19.4. The number of aromatic nitrogens is 3. The zero-order valence-corrected chi connectivity index (χ0v) is 32.9. The van der Waals surface area contributed by atoms with Crippen molar-refractivity contribution in [3.8, 4) is 39.6 Å². The van der Waals surface area contributed by atoms with E-state index in [1.165, 1.54) is 33.9 Å². The van der Waals surface area contributed by atoms with Crippen LogP contribution in [0.5, 0.6) is 0 Å². The third kappa shape index (κ3) is 4.68. The molecule has 0 unspecified atom stereocenters. The number of rotatable bonds is 5. The molecule has 1 aliphatic rings. The van der Waals surface area contributed by atoms with Crippen molar-refractivity contribution in [1.82, 2.24) is 14.5 Å². The summed E-state index contributed by atoms with van der Waals surface area (Å²) in [5, 5.41) is 4.61. The Hall–Kier alpha value is -7.02. The number of furan rings is 1. The zero-order valence-electron chi connectivity index (χ0n) is 30.8. The minimum atomic E-state index is -3.68. The SMILES string of the molecule is c1ccc(-c2nc(-c3ccc(-n4c5ccccc5c5cc6oc7ccccc7c6cc54)cc3)[c]3c(n2)-c2cccc[c]2[Ge]3([c]2ccccc2)[c]2ccccc2)cc1. The van der Waals surface area contributed by atoms with E-state index in [2.05, 4.69) is 187 Å². The molecule has 12 rings (SSSR count). The summed E-state index contributed by atoms with van der Waals surface area (Å²) in [7, 11) is 0. The number of fused-ring (bicyclic) bond motifs is 9. The van der Waals surface area contributed by atoms with Crippen LogP contribution < -0.4 is 17.6 Å². The minimum absolute atomic E-state index is 0.737. The molecule has 0 N–H and O–H groups in total. The van der Waals surface area contributed by atoms with Crippen LogP contribution in [-0.2, 0) is 0 Å². The fraction of sp³-hybridized carbons (Fsp3) is 0. The van der Waals surface area contributed by atoms with E-state index in [0.717, 1.165) is 67.0 Å². The summed E-state index contributed by atoms with van der Waals surface area (Å²) >= 11 is -3.68. The van der Waals surface area contributed by atoms with E-state index in [1.54, 1.807) is 0 Å². The van der Waals surface area contributed by atoms with Crippen molar-refractivity contribution in [2.75, 3.05) is 0 Å². The number of nitrogens with zero attached hydrogens (tertiary/aromatic N) is 3. The van der Waals surface area contributed by atoms with Crippen LogP contribution in [0, 0.1) is 0 Å². The van der Waals surface area contributed by atoms with Gasteiger partial charge in [-0.3, -0.25) is 0 Å². The third-order valence-corrected chi connectivity index (χ3v) is 22.1. The van der Waals surface area contributed by atoms with E-state index < -0.39 is 13.3 Å². The Kier molecular flexibility index (Phi) is 7.07. The average Bonchev–Trinajstić information content (AvgIpc) is 3.92. The van der Waals surface area contributed by atoms with Gasteiger partial charge in [0.25, 0.3) is 0 Å². The van der Waals surface area contributed by atoms with Gasteiger partial charge in [0.1, 0.15) is 0 Å². The van der Waals surface area contributed by atoms with Crippen LogP contribution in [0.3, 0.4) is 0 Å². The number of para-hydroxylation sites is 2. The summed E-state index contributed by atoms with van der Waals surface area (Å²) in [6, 6.07) is 72.2. The number of hydrogen-bond acceptors (Lipinski definition) is 3. The molecule has 57 heavy (non-hydrogen) atoms. The molecule has 4 heterocycles. The molecule has 0 amide bonds. The second-order valence-electron chi connectivity index (χ2n) is 14.9. The normalized spacial score (nSPS) is 13.1. The van der Waals surface area contributed by atoms with Gasteiger partial charge in [0.15, 0.2) is 0 Å². The average molecular weight is 788 g/mol. The fourth-order valence-corrected chi connectivity index (χ4v) is 20.5. The number of hydrogen-bond donors (Lipinski definition) is 0. The number of benzene rings is 8. The summed E-state index contributed by atoms with van der Waals surface area (Å²) < 4.78 is 14.2. The van der Waals surface area contributed by atoms with Gasteiger partial charge in [0.2, 0.25) is 0 Å². The van der Waals surface area contributed by atoms with Gasteiger partial charge in [-0.2, -0.15) is 0 Å². The van der Waals surface area contributed by atoms with Crippen molar-refractivity contribution in [3.05, 3.63) is 200 Å². The first-order valence-corrected chi connectivity index (χ1v) is 23.6. The summed E-state index contributed by atoms with van der Waals surface area (Å²) in [6.45, 7) is 0. The molecule has 4 nitrogen and oxygen atoms in total. The van der Waals surface area contributed by atoms with Gasteiger partial charge >= 0.3 is 315 Å². The summed E-state index contributed by atoms with van der Waals surface area (Å²) in [4.78, 5) is 11.1. The van der Waals surface area contributed by atoms with Crippen molar-refractivity contribution < 1.29 is 4.42 Å². The Morgan fingerprint density at radius 2 is 1.04 bits per heavy atom. The van der Waals surface area contributed by atoms with Crippen molar-refractivity contribution in [2.45, 2.75) is 0 Å². The molecule has 3 aromatic heterocycles. The van der Waals surface area contributed by atoms with Crippen molar-refractivity contribution in [3.63, 3.8) is 0 Å². The van der Waals surface area contributed by atoms with Crippen LogP contribution in [0.15, 0.2) is 205 Å². The predicted octanol–water partition coefficient (Wildman–Crippen LogP) is 10.2. The van der Waals surface area contributed by atoms with Gasteiger partial charge in [0.05, 0.1) is 0 Å². The van der Waals surface area contributed by atoms with Gasteiger partial charge in [-0.05, 0) is 6.07 Å². The first kappa shape index (κ1) is 32.2. The van der Waals surface area contributed by atoms with Crippen LogP contribution in [0.4, 0.5) is 0 Å². The second-order valence-corrected chi connectivity index (χ2v) is 22.6. The maximum atomic E-state index is 6.35. The summed E-state index contributed by atoms with van der Waals surface area (Å²) in [5.41, 5.74) is 10.5. The predicted molar refractivity (Wildman–Crippen MR) is 237 cm³/mol. The van der Waals surface area contributed by atoms with Crippen LogP contribution in [0.2, 0.25) is 0 Å². The molecule has 11 aromatic rings. The molecule has 1 aliphatic heterocycles. The molecule has 0 aliphatic carbocycles. The van der Waals surface area contributed by atoms with E-state index in [0.29, 0.717) is 0 Å². The van der Waals surface area contributed by atoms with Gasteiger partial charge in [0, 0.05) is 0 Å². The zero-order chi connectivity index (χ0) is 37.5. The molecular weight excluding hydrogens is 755 g/mol. The Balaban J connectivity index is 1.13. The van der Waals surface area contributed by atoms with Gasteiger partial charge in [-0.15, -0.1) is 0 Å². The Bertz CT molecular complexity index is 3300. The van der Waals surface area contributed by atoms with E-state index >= 15 is 0 Å². The van der Waals surface area contributed by atoms with Crippen LogP contribution in [-0.4, -0.2) is 27.8 Å². The molecule has 8 aromatic carbocycles. The van der Waals surface area contributed by atoms with Crippen molar-refractivity contribution >= 4 is 74.6 Å². The third-order valence-electron chi connectivity index (χ3n) is 11.9. The molecule has 0 radical (unpaired) electrons. The molecule has 0 atom stereocenters. The quantitative estimate of drug-likeness (QED) is 0.163. The van der Waals surface area contributed by atoms with Crippen LogP contribution >= 0.6 is 0 Å². The van der Waals surface area contributed by atoms with Crippen molar-refractivity contribution in [1.29, 1.82) is 0 Å². The monoisotopic (exact) mass is 789 g/mol. The molecule has 0 bridgehead atoms. The van der Waals surface area contributed by atoms with E-state index in [4.69, 9.17) is 14.4 Å². The second kappa shape index (κ2) is 12.5. The Morgan fingerprint density at radius 3 is 1.79 bits per heavy atom. The molecule has 266 valence electrons. The van der Waals surface area contributed by atoms with E-state index in [9.17, 15) is 0 Å². The van der Waals surface area contributed by atoms with Crippen LogP contribution in [0.1, 0.15) is 0 Å². The molecule has 0 fully saturated rings.